The van der Waals surface area contributed by atoms with E-state index in [4.69, 9.17) is 16.3 Å². The number of piperazine rings is 1. The van der Waals surface area contributed by atoms with Crippen molar-refractivity contribution < 1.29 is 9.53 Å². The molecule has 1 fully saturated rings. The van der Waals surface area contributed by atoms with Gasteiger partial charge in [-0.05, 0) is 32.0 Å². The summed E-state index contributed by atoms with van der Waals surface area (Å²) in [5.74, 6) is 0.424. The average Bonchev–Trinajstić information content (AvgIpc) is 2.54. The van der Waals surface area contributed by atoms with Gasteiger partial charge in [0.1, 0.15) is 5.75 Å². The molecule has 1 saturated heterocycles. The second-order valence-electron chi connectivity index (χ2n) is 5.43. The molecule has 0 radical (unpaired) electrons. The molecule has 5 nitrogen and oxygen atoms in total. The molecule has 2 rings (SSSR count). The number of amides is 1. The van der Waals surface area contributed by atoms with Crippen LogP contribution in [0.2, 0.25) is 5.02 Å². The number of nitrogens with zero attached hydrogens (tertiary/aromatic N) is 1. The summed E-state index contributed by atoms with van der Waals surface area (Å²) in [6.07, 6.45) is 0.393. The number of hydrogen-bond donors (Lipinski definition) is 2. The van der Waals surface area contributed by atoms with E-state index in [1.54, 1.807) is 19.1 Å². The summed E-state index contributed by atoms with van der Waals surface area (Å²) in [5.41, 5.74) is 0. The Morgan fingerprint density at radius 2 is 2.14 bits per heavy atom. The number of nitrogens with one attached hydrogen (secondary N) is 2. The number of halogens is 1. The number of ether oxygens (including phenoxy) is 1. The standard InChI is InChI=1S/C16H24ClN3O2/c1-13(22-15-6-3-2-5-14(15)17)16(21)19-7-4-10-20-11-8-18-9-12-20/h2-3,5-6,13,18H,4,7-12H2,1H3,(H,19,21). The Bertz CT molecular complexity index is 478. The van der Waals surface area contributed by atoms with E-state index in [0.29, 0.717) is 17.3 Å². The van der Waals surface area contributed by atoms with Crippen molar-refractivity contribution in [2.45, 2.75) is 19.4 Å². The maximum Gasteiger partial charge on any atom is 0.260 e. The second kappa shape index (κ2) is 8.98. The molecule has 1 unspecified atom stereocenters. The highest BCUT2D eigenvalue weighted by Crippen LogP contribution is 2.24. The van der Waals surface area contributed by atoms with Crippen LogP contribution in [-0.4, -0.2) is 56.2 Å². The fourth-order valence-electron chi connectivity index (χ4n) is 2.38. The van der Waals surface area contributed by atoms with Crippen LogP contribution < -0.4 is 15.4 Å². The van der Waals surface area contributed by atoms with Gasteiger partial charge in [0.25, 0.3) is 5.91 Å². The van der Waals surface area contributed by atoms with Crippen LogP contribution in [-0.2, 0) is 4.79 Å². The third-order valence-electron chi connectivity index (χ3n) is 3.67. The molecule has 0 saturated carbocycles. The van der Waals surface area contributed by atoms with Crippen molar-refractivity contribution in [3.05, 3.63) is 29.3 Å². The molecule has 22 heavy (non-hydrogen) atoms. The van der Waals surface area contributed by atoms with Gasteiger partial charge in [0, 0.05) is 32.7 Å². The lowest BCUT2D eigenvalue weighted by Gasteiger charge is -2.27. The highest BCUT2D eigenvalue weighted by Gasteiger charge is 2.15. The minimum absolute atomic E-state index is 0.111. The molecule has 2 N–H and O–H groups in total. The van der Waals surface area contributed by atoms with Crippen LogP contribution in [0, 0.1) is 0 Å². The summed E-state index contributed by atoms with van der Waals surface area (Å²) in [4.78, 5) is 14.4. The number of carbonyl (C=O) groups excluding carboxylic acids is 1. The van der Waals surface area contributed by atoms with Gasteiger partial charge in [0.05, 0.1) is 5.02 Å². The third kappa shape index (κ3) is 5.48. The average molecular weight is 326 g/mol. The van der Waals surface area contributed by atoms with E-state index in [-0.39, 0.29) is 5.91 Å². The molecule has 1 heterocycles. The first-order valence-electron chi connectivity index (χ1n) is 7.79. The number of hydrogen-bond acceptors (Lipinski definition) is 4. The van der Waals surface area contributed by atoms with E-state index in [9.17, 15) is 4.79 Å². The largest absolute Gasteiger partial charge is 0.479 e. The molecule has 1 aliphatic rings. The van der Waals surface area contributed by atoms with Gasteiger partial charge in [-0.2, -0.15) is 0 Å². The van der Waals surface area contributed by atoms with E-state index < -0.39 is 6.10 Å². The van der Waals surface area contributed by atoms with E-state index in [0.717, 1.165) is 39.1 Å². The molecular formula is C16H24ClN3O2. The second-order valence-corrected chi connectivity index (χ2v) is 5.83. The van der Waals surface area contributed by atoms with Crippen molar-refractivity contribution in [2.75, 3.05) is 39.3 Å². The quantitative estimate of drug-likeness (QED) is 0.746. The Hall–Kier alpha value is -1.30. The zero-order valence-electron chi connectivity index (χ0n) is 13.0. The van der Waals surface area contributed by atoms with Crippen molar-refractivity contribution in [3.8, 4) is 5.75 Å². The minimum Gasteiger partial charge on any atom is -0.479 e. The minimum atomic E-state index is -0.556. The van der Waals surface area contributed by atoms with Gasteiger partial charge < -0.3 is 20.3 Å². The van der Waals surface area contributed by atoms with Crippen molar-refractivity contribution in [3.63, 3.8) is 0 Å². The Morgan fingerprint density at radius 3 is 2.86 bits per heavy atom. The van der Waals surface area contributed by atoms with Gasteiger partial charge in [0.2, 0.25) is 0 Å². The predicted molar refractivity (Wildman–Crippen MR) is 88.5 cm³/mol. The first-order chi connectivity index (χ1) is 10.7. The summed E-state index contributed by atoms with van der Waals surface area (Å²) >= 11 is 6.02. The molecule has 1 aliphatic heterocycles. The molecule has 1 aromatic rings. The normalized spacial score (nSPS) is 17.0. The van der Waals surface area contributed by atoms with Crippen LogP contribution in [0.15, 0.2) is 24.3 Å². The SMILES string of the molecule is CC(Oc1ccccc1Cl)C(=O)NCCCN1CCNCC1. The van der Waals surface area contributed by atoms with Gasteiger partial charge in [-0.1, -0.05) is 23.7 Å². The van der Waals surface area contributed by atoms with Crippen LogP contribution in [0.1, 0.15) is 13.3 Å². The maximum absolute atomic E-state index is 12.0. The molecule has 1 amide bonds. The van der Waals surface area contributed by atoms with E-state index >= 15 is 0 Å². The van der Waals surface area contributed by atoms with Gasteiger partial charge >= 0.3 is 0 Å². The Labute approximate surface area is 137 Å². The van der Waals surface area contributed by atoms with Crippen molar-refractivity contribution in [1.82, 2.24) is 15.5 Å². The molecule has 0 bridgehead atoms. The first-order valence-corrected chi connectivity index (χ1v) is 8.16. The number of para-hydroxylation sites is 1. The molecule has 1 atom stereocenters. The lowest BCUT2D eigenvalue weighted by Crippen LogP contribution is -2.44. The number of benzene rings is 1. The van der Waals surface area contributed by atoms with E-state index in [2.05, 4.69) is 15.5 Å². The zero-order chi connectivity index (χ0) is 15.8. The van der Waals surface area contributed by atoms with Crippen molar-refractivity contribution in [2.24, 2.45) is 0 Å². The summed E-state index contributed by atoms with van der Waals surface area (Å²) in [7, 11) is 0. The highest BCUT2D eigenvalue weighted by atomic mass is 35.5. The molecule has 0 aromatic heterocycles. The summed E-state index contributed by atoms with van der Waals surface area (Å²) in [6.45, 7) is 7.68. The first kappa shape index (κ1) is 17.1. The van der Waals surface area contributed by atoms with Crippen LogP contribution in [0.3, 0.4) is 0 Å². The van der Waals surface area contributed by atoms with Gasteiger partial charge in [-0.15, -0.1) is 0 Å². The predicted octanol–water partition coefficient (Wildman–Crippen LogP) is 1.52. The molecule has 122 valence electrons. The molecule has 0 spiro atoms. The van der Waals surface area contributed by atoms with Crippen LogP contribution in [0.4, 0.5) is 0 Å². The van der Waals surface area contributed by atoms with Crippen LogP contribution in [0.25, 0.3) is 0 Å². The highest BCUT2D eigenvalue weighted by molar-refractivity contribution is 6.32. The molecule has 0 aliphatic carbocycles. The molecule has 6 heteroatoms. The van der Waals surface area contributed by atoms with Gasteiger partial charge in [-0.25, -0.2) is 0 Å². The smallest absolute Gasteiger partial charge is 0.260 e. The lowest BCUT2D eigenvalue weighted by atomic mass is 10.3. The Morgan fingerprint density at radius 1 is 1.41 bits per heavy atom. The number of carbonyl (C=O) groups is 1. The Kier molecular flexibility index (Phi) is 6.96. The maximum atomic E-state index is 12.0. The lowest BCUT2D eigenvalue weighted by molar-refractivity contribution is -0.127. The number of rotatable bonds is 7. The summed E-state index contributed by atoms with van der Waals surface area (Å²) < 4.78 is 5.59. The van der Waals surface area contributed by atoms with E-state index in [1.165, 1.54) is 0 Å². The molecular weight excluding hydrogens is 302 g/mol. The fourth-order valence-corrected chi connectivity index (χ4v) is 2.56. The van der Waals surface area contributed by atoms with Gasteiger partial charge in [0.15, 0.2) is 6.10 Å². The van der Waals surface area contributed by atoms with Crippen LogP contribution in [0.5, 0.6) is 5.75 Å². The fraction of sp³-hybridized carbons (Fsp3) is 0.562. The third-order valence-corrected chi connectivity index (χ3v) is 3.98. The Balaban J connectivity index is 1.65. The monoisotopic (exact) mass is 325 g/mol. The van der Waals surface area contributed by atoms with Gasteiger partial charge in [-0.3, -0.25) is 4.79 Å². The summed E-state index contributed by atoms with van der Waals surface area (Å²) in [5, 5.41) is 6.75. The van der Waals surface area contributed by atoms with Crippen molar-refractivity contribution in [1.29, 1.82) is 0 Å². The zero-order valence-corrected chi connectivity index (χ0v) is 13.7. The van der Waals surface area contributed by atoms with E-state index in [1.807, 2.05) is 12.1 Å². The molecule has 1 aromatic carbocycles. The van der Waals surface area contributed by atoms with Crippen molar-refractivity contribution >= 4 is 17.5 Å². The summed E-state index contributed by atoms with van der Waals surface area (Å²) in [6, 6.07) is 7.17. The van der Waals surface area contributed by atoms with Crippen LogP contribution >= 0.6 is 11.6 Å². The topological polar surface area (TPSA) is 53.6 Å².